The summed E-state index contributed by atoms with van der Waals surface area (Å²) < 4.78 is 40.1. The van der Waals surface area contributed by atoms with Gasteiger partial charge < -0.3 is 9.88 Å². The van der Waals surface area contributed by atoms with Gasteiger partial charge in [0, 0.05) is 59.1 Å². The normalized spacial score (nSPS) is 12.1. The Bertz CT molecular complexity index is 2010. The van der Waals surface area contributed by atoms with E-state index in [2.05, 4.69) is 46.9 Å². The topological polar surface area (TPSA) is 120 Å². The van der Waals surface area contributed by atoms with Crippen molar-refractivity contribution >= 4 is 31.8 Å². The number of H-pyrrole nitrogens is 2. The predicted octanol–water partition coefficient (Wildman–Crippen LogP) is 5.09. The summed E-state index contributed by atoms with van der Waals surface area (Å²) in [4.78, 5) is 14.5. The van der Waals surface area contributed by atoms with Gasteiger partial charge in [-0.15, -0.1) is 0 Å². The van der Waals surface area contributed by atoms with Crippen LogP contribution in [0.15, 0.2) is 73.2 Å². The molecule has 0 saturated heterocycles. The molecule has 41 heavy (non-hydrogen) atoms. The van der Waals surface area contributed by atoms with E-state index in [1.807, 2.05) is 50.8 Å². The molecule has 3 N–H and O–H groups in total. The van der Waals surface area contributed by atoms with Gasteiger partial charge in [-0.25, -0.2) is 17.5 Å². The van der Waals surface area contributed by atoms with Crippen LogP contribution in [0.5, 0.6) is 0 Å². The number of aromatic amines is 2. The molecule has 0 spiro atoms. The molecule has 4 heterocycles. The summed E-state index contributed by atoms with van der Waals surface area (Å²) in [5.74, 6) is -0.475. The molecule has 0 unspecified atom stereocenters. The highest BCUT2D eigenvalue weighted by atomic mass is 32.2. The maximum absolute atomic E-state index is 14.6. The second kappa shape index (κ2) is 10.5. The summed E-state index contributed by atoms with van der Waals surface area (Å²) in [6.45, 7) is 0.777. The lowest BCUT2D eigenvalue weighted by molar-refractivity contribution is 0.402. The van der Waals surface area contributed by atoms with E-state index < -0.39 is 15.8 Å². The lowest BCUT2D eigenvalue weighted by Crippen LogP contribution is -2.21. The molecule has 0 radical (unpaired) electrons. The molecule has 0 amide bonds. The molecule has 9 nitrogen and oxygen atoms in total. The largest absolute Gasteiger partial charge is 0.353 e. The molecule has 0 atom stereocenters. The van der Waals surface area contributed by atoms with Gasteiger partial charge in [0.2, 0.25) is 10.0 Å². The third-order valence-electron chi connectivity index (χ3n) is 6.76. The minimum atomic E-state index is -3.42. The van der Waals surface area contributed by atoms with E-state index in [1.165, 1.54) is 12.1 Å². The number of nitrogens with one attached hydrogen (secondary N) is 3. The number of nitrogens with zero attached hydrogens (tertiary/aromatic N) is 4. The minimum Gasteiger partial charge on any atom is -0.353 e. The number of pyridine rings is 2. The van der Waals surface area contributed by atoms with Crippen molar-refractivity contribution in [2.75, 3.05) is 20.4 Å². The molecule has 0 saturated carbocycles. The van der Waals surface area contributed by atoms with Gasteiger partial charge in [0.05, 0.1) is 23.2 Å². The van der Waals surface area contributed by atoms with Crippen LogP contribution in [0.25, 0.3) is 55.6 Å². The number of aromatic nitrogens is 5. The van der Waals surface area contributed by atoms with Crippen molar-refractivity contribution in [2.45, 2.75) is 13.1 Å². The van der Waals surface area contributed by atoms with Crippen LogP contribution >= 0.6 is 0 Å². The Kier molecular flexibility index (Phi) is 6.86. The van der Waals surface area contributed by atoms with E-state index in [0.717, 1.165) is 62.7 Å². The lowest BCUT2D eigenvalue weighted by atomic mass is 10.0. The van der Waals surface area contributed by atoms with Gasteiger partial charge in [-0.2, -0.15) is 5.10 Å². The van der Waals surface area contributed by atoms with Gasteiger partial charge >= 0.3 is 0 Å². The van der Waals surface area contributed by atoms with Gasteiger partial charge in [-0.1, -0.05) is 6.07 Å². The smallest absolute Gasteiger partial charge is 0.209 e. The number of benzene rings is 2. The molecule has 11 heteroatoms. The van der Waals surface area contributed by atoms with E-state index in [-0.39, 0.29) is 6.54 Å². The molecular weight excluding hydrogens is 541 g/mol. The number of fused-ring (bicyclic) bond motifs is 2. The quantitative estimate of drug-likeness (QED) is 0.235. The van der Waals surface area contributed by atoms with E-state index in [9.17, 15) is 12.8 Å². The fraction of sp³-hybridized carbons (Fsp3) is 0.167. The van der Waals surface area contributed by atoms with Crippen molar-refractivity contribution in [1.29, 1.82) is 0 Å². The maximum Gasteiger partial charge on any atom is 0.209 e. The van der Waals surface area contributed by atoms with Crippen molar-refractivity contribution in [3.63, 3.8) is 0 Å². The summed E-state index contributed by atoms with van der Waals surface area (Å²) in [6.07, 6.45) is 6.47. The van der Waals surface area contributed by atoms with Crippen molar-refractivity contribution in [2.24, 2.45) is 0 Å². The van der Waals surface area contributed by atoms with Gasteiger partial charge in [-0.05, 0) is 79.3 Å². The first kappa shape index (κ1) is 26.8. The Morgan fingerprint density at radius 3 is 2.49 bits per heavy atom. The monoisotopic (exact) mass is 569 g/mol. The van der Waals surface area contributed by atoms with E-state index in [0.29, 0.717) is 16.8 Å². The second-order valence-electron chi connectivity index (χ2n) is 10.4. The number of halogens is 1. The van der Waals surface area contributed by atoms with Gasteiger partial charge in [-0.3, -0.25) is 15.1 Å². The summed E-state index contributed by atoms with van der Waals surface area (Å²) in [5.41, 5.74) is 8.05. The Labute approximate surface area is 236 Å². The molecule has 6 rings (SSSR count). The van der Waals surface area contributed by atoms with E-state index in [1.54, 1.807) is 12.3 Å². The molecule has 0 fully saturated rings. The van der Waals surface area contributed by atoms with E-state index >= 15 is 0 Å². The van der Waals surface area contributed by atoms with Crippen molar-refractivity contribution in [3.05, 3.63) is 90.1 Å². The van der Waals surface area contributed by atoms with Crippen LogP contribution in [0.2, 0.25) is 0 Å². The van der Waals surface area contributed by atoms with Crippen molar-refractivity contribution in [3.8, 4) is 33.8 Å². The van der Waals surface area contributed by atoms with E-state index in [4.69, 9.17) is 0 Å². The first-order valence-electron chi connectivity index (χ1n) is 12.9. The molecule has 208 valence electrons. The van der Waals surface area contributed by atoms with Crippen LogP contribution < -0.4 is 4.72 Å². The van der Waals surface area contributed by atoms with Crippen molar-refractivity contribution in [1.82, 2.24) is 34.8 Å². The van der Waals surface area contributed by atoms with Crippen LogP contribution in [0, 0.1) is 5.82 Å². The average molecular weight is 570 g/mol. The SMILES string of the molecule is CN(C)Cc1cncc(-c2ccc3[nH]nc(-c4cc5c(-c6cc(F)cc(CNS(C)(=O)=O)c6)nccc5[nH]4)c3c2)c1. The Hall–Kier alpha value is -4.45. The standard InChI is InChI=1S/C30H28FN7O2S/c1-38(2)17-19-9-22(16-32-14-19)20-4-5-27-24(12-20)30(37-36-27)28-13-25-26(35-28)6-7-33-29(25)21-8-18(10-23(31)11-21)15-34-41(3,39)40/h4-14,16,34-35H,15,17H2,1-3H3,(H,36,37). The Balaban J connectivity index is 1.40. The molecular formula is C30H28FN7O2S. The fourth-order valence-corrected chi connectivity index (χ4v) is 5.44. The first-order valence-corrected chi connectivity index (χ1v) is 14.8. The first-order chi connectivity index (χ1) is 19.6. The summed E-state index contributed by atoms with van der Waals surface area (Å²) in [7, 11) is 0.634. The molecule has 2 aromatic carbocycles. The highest BCUT2D eigenvalue weighted by Crippen LogP contribution is 2.35. The third-order valence-corrected chi connectivity index (χ3v) is 7.43. The van der Waals surface area contributed by atoms with Gasteiger partial charge in [0.25, 0.3) is 0 Å². The van der Waals surface area contributed by atoms with Crippen LogP contribution in [-0.4, -0.2) is 58.8 Å². The van der Waals surface area contributed by atoms with Crippen LogP contribution in [0.4, 0.5) is 4.39 Å². The third kappa shape index (κ3) is 5.73. The number of hydrogen-bond donors (Lipinski definition) is 3. The van der Waals surface area contributed by atoms with Crippen LogP contribution in [0.3, 0.4) is 0 Å². The zero-order valence-corrected chi connectivity index (χ0v) is 23.6. The summed E-state index contributed by atoms with van der Waals surface area (Å²) >= 11 is 0. The van der Waals surface area contributed by atoms with Crippen molar-refractivity contribution < 1.29 is 12.8 Å². The van der Waals surface area contributed by atoms with Gasteiger partial charge in [0.1, 0.15) is 11.5 Å². The minimum absolute atomic E-state index is 0.0207. The Morgan fingerprint density at radius 1 is 0.878 bits per heavy atom. The summed E-state index contributed by atoms with van der Waals surface area (Å²) in [5, 5.41) is 9.47. The molecule has 0 bridgehead atoms. The second-order valence-corrected chi connectivity index (χ2v) is 12.2. The Morgan fingerprint density at radius 2 is 1.68 bits per heavy atom. The van der Waals surface area contributed by atoms with Crippen LogP contribution in [0.1, 0.15) is 11.1 Å². The molecule has 6 aromatic rings. The number of sulfonamides is 1. The zero-order chi connectivity index (χ0) is 28.7. The molecule has 0 aliphatic carbocycles. The van der Waals surface area contributed by atoms with Crippen LogP contribution in [-0.2, 0) is 23.1 Å². The molecule has 0 aliphatic rings. The molecule has 4 aromatic heterocycles. The number of hydrogen-bond acceptors (Lipinski definition) is 6. The highest BCUT2D eigenvalue weighted by molar-refractivity contribution is 7.88. The summed E-state index contributed by atoms with van der Waals surface area (Å²) in [6, 6.07) is 16.6. The highest BCUT2D eigenvalue weighted by Gasteiger charge is 2.16. The lowest BCUT2D eigenvalue weighted by Gasteiger charge is -2.10. The number of rotatable bonds is 8. The van der Waals surface area contributed by atoms with Gasteiger partial charge in [0.15, 0.2) is 0 Å². The molecule has 0 aliphatic heterocycles. The fourth-order valence-electron chi connectivity index (χ4n) is 5.01. The maximum atomic E-state index is 14.6. The average Bonchev–Trinajstić information content (AvgIpc) is 3.54. The zero-order valence-electron chi connectivity index (χ0n) is 22.7. The predicted molar refractivity (Wildman–Crippen MR) is 159 cm³/mol.